The van der Waals surface area contributed by atoms with Crippen molar-refractivity contribution in [3.63, 3.8) is 0 Å². The Hall–Kier alpha value is -0.910. The molecule has 0 bridgehead atoms. The third-order valence-electron chi connectivity index (χ3n) is 4.03. The summed E-state index contributed by atoms with van der Waals surface area (Å²) in [5.74, 6) is -0.0598. The molecule has 0 saturated carbocycles. The number of halogens is 1. The molecule has 5 heteroatoms. The van der Waals surface area contributed by atoms with E-state index in [0.29, 0.717) is 13.2 Å². The number of hydrogen-bond acceptors (Lipinski definition) is 3. The van der Waals surface area contributed by atoms with E-state index < -0.39 is 11.0 Å². The van der Waals surface area contributed by atoms with Gasteiger partial charge in [-0.1, -0.05) is 28.1 Å². The van der Waals surface area contributed by atoms with Crippen LogP contribution < -0.4 is 11.1 Å². The minimum atomic E-state index is -0.660. The van der Waals surface area contributed by atoms with E-state index in [1.165, 1.54) is 0 Å². The second-order valence-electron chi connectivity index (χ2n) is 6.13. The van der Waals surface area contributed by atoms with Crippen molar-refractivity contribution < 1.29 is 9.53 Å². The predicted molar refractivity (Wildman–Crippen MR) is 82.2 cm³/mol. The van der Waals surface area contributed by atoms with E-state index in [9.17, 15) is 4.79 Å². The highest BCUT2D eigenvalue weighted by atomic mass is 79.9. The van der Waals surface area contributed by atoms with Crippen LogP contribution in [0, 0.1) is 5.41 Å². The van der Waals surface area contributed by atoms with Gasteiger partial charge in [0.15, 0.2) is 0 Å². The number of amides is 1. The summed E-state index contributed by atoms with van der Waals surface area (Å²) in [5.41, 5.74) is 5.93. The van der Waals surface area contributed by atoms with Gasteiger partial charge in [-0.2, -0.15) is 0 Å². The Morgan fingerprint density at radius 2 is 2.05 bits per heavy atom. The highest BCUT2D eigenvalue weighted by molar-refractivity contribution is 9.10. The summed E-state index contributed by atoms with van der Waals surface area (Å²) < 4.78 is 6.35. The highest BCUT2D eigenvalue weighted by Gasteiger charge is 2.45. The molecule has 4 nitrogen and oxygen atoms in total. The van der Waals surface area contributed by atoms with Gasteiger partial charge >= 0.3 is 0 Å². The molecule has 3 N–H and O–H groups in total. The molecule has 1 aliphatic heterocycles. The number of hydrogen-bond donors (Lipinski definition) is 2. The second-order valence-corrected chi connectivity index (χ2v) is 7.04. The van der Waals surface area contributed by atoms with Crippen LogP contribution in [0.4, 0.5) is 0 Å². The molecular weight excluding hydrogens is 320 g/mol. The lowest BCUT2D eigenvalue weighted by Crippen LogP contribution is -2.54. The Bertz CT molecular complexity index is 501. The van der Waals surface area contributed by atoms with Crippen LogP contribution >= 0.6 is 15.9 Å². The Labute approximate surface area is 128 Å². The lowest BCUT2D eigenvalue weighted by molar-refractivity contribution is -0.132. The molecule has 0 radical (unpaired) electrons. The van der Waals surface area contributed by atoms with Crippen molar-refractivity contribution in [1.29, 1.82) is 0 Å². The molecule has 1 fully saturated rings. The third-order valence-corrected chi connectivity index (χ3v) is 4.56. The molecule has 1 aliphatic rings. The quantitative estimate of drug-likeness (QED) is 0.886. The molecule has 20 heavy (non-hydrogen) atoms. The molecule has 1 amide bonds. The van der Waals surface area contributed by atoms with Crippen molar-refractivity contribution in [2.75, 3.05) is 13.2 Å². The van der Waals surface area contributed by atoms with Crippen LogP contribution in [0.25, 0.3) is 0 Å². The monoisotopic (exact) mass is 340 g/mol. The molecular formula is C15H21BrN2O2. The zero-order valence-electron chi connectivity index (χ0n) is 12.1. The Balaban J connectivity index is 2.15. The summed E-state index contributed by atoms with van der Waals surface area (Å²) in [6.07, 6.45) is 0. The predicted octanol–water partition coefficient (Wildman–Crippen LogP) is 2.16. The van der Waals surface area contributed by atoms with E-state index in [-0.39, 0.29) is 11.9 Å². The summed E-state index contributed by atoms with van der Waals surface area (Å²) in [6.45, 7) is 6.63. The second kappa shape index (κ2) is 5.47. The molecule has 0 spiro atoms. The molecule has 2 atom stereocenters. The van der Waals surface area contributed by atoms with Crippen molar-refractivity contribution in [1.82, 2.24) is 5.32 Å². The summed E-state index contributed by atoms with van der Waals surface area (Å²) >= 11 is 3.41. The van der Waals surface area contributed by atoms with Crippen LogP contribution in [0.1, 0.15) is 26.3 Å². The number of benzene rings is 1. The number of carbonyl (C=O) groups excluding carboxylic acids is 1. The van der Waals surface area contributed by atoms with Crippen molar-refractivity contribution in [3.8, 4) is 0 Å². The summed E-state index contributed by atoms with van der Waals surface area (Å²) in [5, 5.41) is 3.09. The molecule has 1 aromatic carbocycles. The number of carbonyl (C=O) groups is 1. The summed E-state index contributed by atoms with van der Waals surface area (Å²) in [6, 6.07) is 7.67. The number of rotatable bonds is 3. The maximum Gasteiger partial charge on any atom is 0.230 e. The standard InChI is InChI=1S/C15H21BrN2O2/c1-14(2,10-4-6-11(16)7-5-10)18-13(19)15(3)9-20-8-12(15)17/h4-7,12H,8-9,17H2,1-3H3,(H,18,19). The molecule has 0 aliphatic carbocycles. The van der Waals surface area contributed by atoms with Crippen LogP contribution in [0.3, 0.4) is 0 Å². The van der Waals surface area contributed by atoms with E-state index in [4.69, 9.17) is 10.5 Å². The maximum absolute atomic E-state index is 12.6. The van der Waals surface area contributed by atoms with Gasteiger partial charge in [0, 0.05) is 10.5 Å². The van der Waals surface area contributed by atoms with Crippen molar-refractivity contribution >= 4 is 21.8 Å². The van der Waals surface area contributed by atoms with Gasteiger partial charge in [0.25, 0.3) is 0 Å². The first kappa shape index (κ1) is 15.5. The van der Waals surface area contributed by atoms with Crippen LogP contribution in [0.5, 0.6) is 0 Å². The first-order chi connectivity index (χ1) is 9.25. The molecule has 1 aromatic rings. The highest BCUT2D eigenvalue weighted by Crippen LogP contribution is 2.30. The van der Waals surface area contributed by atoms with Crippen molar-refractivity contribution in [2.24, 2.45) is 11.1 Å². The molecule has 2 rings (SSSR count). The molecule has 1 heterocycles. The van der Waals surface area contributed by atoms with Gasteiger partial charge < -0.3 is 15.8 Å². The van der Waals surface area contributed by atoms with Gasteiger partial charge in [-0.25, -0.2) is 0 Å². The van der Waals surface area contributed by atoms with Gasteiger partial charge in [0.1, 0.15) is 0 Å². The summed E-state index contributed by atoms with van der Waals surface area (Å²) in [7, 11) is 0. The van der Waals surface area contributed by atoms with E-state index in [0.717, 1.165) is 10.0 Å². The minimum Gasteiger partial charge on any atom is -0.379 e. The van der Waals surface area contributed by atoms with Crippen molar-refractivity contribution in [3.05, 3.63) is 34.3 Å². The van der Waals surface area contributed by atoms with E-state index in [1.807, 2.05) is 45.0 Å². The lowest BCUT2D eigenvalue weighted by Gasteiger charge is -2.33. The van der Waals surface area contributed by atoms with Crippen LogP contribution in [-0.4, -0.2) is 25.2 Å². The van der Waals surface area contributed by atoms with E-state index in [1.54, 1.807) is 0 Å². The van der Waals surface area contributed by atoms with Crippen LogP contribution in [0.15, 0.2) is 28.7 Å². The molecule has 1 saturated heterocycles. The Morgan fingerprint density at radius 1 is 1.45 bits per heavy atom. The maximum atomic E-state index is 12.6. The average Bonchev–Trinajstić information content (AvgIpc) is 2.71. The molecule has 110 valence electrons. The largest absolute Gasteiger partial charge is 0.379 e. The SMILES string of the molecule is CC(C)(NC(=O)C1(C)COCC1N)c1ccc(Br)cc1. The van der Waals surface area contributed by atoms with Gasteiger partial charge in [0.2, 0.25) is 5.91 Å². The third kappa shape index (κ3) is 2.90. The minimum absolute atomic E-state index is 0.0598. The molecule has 2 unspecified atom stereocenters. The van der Waals surface area contributed by atoms with Gasteiger partial charge in [-0.15, -0.1) is 0 Å². The first-order valence-corrected chi connectivity index (χ1v) is 7.47. The average molecular weight is 341 g/mol. The number of ether oxygens (including phenoxy) is 1. The topological polar surface area (TPSA) is 64.3 Å². The van der Waals surface area contributed by atoms with Gasteiger partial charge in [-0.05, 0) is 38.5 Å². The summed E-state index contributed by atoms with van der Waals surface area (Å²) in [4.78, 5) is 12.6. The first-order valence-electron chi connectivity index (χ1n) is 6.68. The number of nitrogens with two attached hydrogens (primary N) is 1. The molecule has 0 aromatic heterocycles. The Kier molecular flexibility index (Phi) is 4.23. The normalized spacial score (nSPS) is 26.6. The zero-order chi connectivity index (χ0) is 15.0. The van der Waals surface area contributed by atoms with E-state index in [2.05, 4.69) is 21.2 Å². The zero-order valence-corrected chi connectivity index (χ0v) is 13.7. The smallest absolute Gasteiger partial charge is 0.230 e. The van der Waals surface area contributed by atoms with Crippen LogP contribution in [0.2, 0.25) is 0 Å². The number of nitrogens with one attached hydrogen (secondary N) is 1. The fourth-order valence-corrected chi connectivity index (χ4v) is 2.55. The van der Waals surface area contributed by atoms with Gasteiger partial charge in [0.05, 0.1) is 24.2 Å². The fraction of sp³-hybridized carbons (Fsp3) is 0.533. The lowest BCUT2D eigenvalue weighted by atomic mass is 9.83. The Morgan fingerprint density at radius 3 is 2.55 bits per heavy atom. The fourth-order valence-electron chi connectivity index (χ4n) is 2.29. The van der Waals surface area contributed by atoms with E-state index >= 15 is 0 Å². The van der Waals surface area contributed by atoms with Gasteiger partial charge in [-0.3, -0.25) is 4.79 Å². The van der Waals surface area contributed by atoms with Crippen LogP contribution in [-0.2, 0) is 15.1 Å². The van der Waals surface area contributed by atoms with Crippen molar-refractivity contribution in [2.45, 2.75) is 32.4 Å².